The second kappa shape index (κ2) is 10.1. The van der Waals surface area contributed by atoms with Crippen molar-refractivity contribution in [1.82, 2.24) is 20.2 Å². The third-order valence-electron chi connectivity index (χ3n) is 4.89. The lowest BCUT2D eigenvalue weighted by molar-refractivity contribution is -0.137. The van der Waals surface area contributed by atoms with Crippen molar-refractivity contribution < 1.29 is 18.0 Å². The summed E-state index contributed by atoms with van der Waals surface area (Å²) in [6.07, 6.45) is -3.07. The predicted molar refractivity (Wildman–Crippen MR) is 132 cm³/mol. The molecule has 0 bridgehead atoms. The van der Waals surface area contributed by atoms with Gasteiger partial charge in [0.15, 0.2) is 5.82 Å². The molecule has 0 radical (unpaired) electrons. The first-order valence-corrected chi connectivity index (χ1v) is 10.9. The summed E-state index contributed by atoms with van der Waals surface area (Å²) in [5.74, 6) is 1.43. The van der Waals surface area contributed by atoms with Crippen LogP contribution in [-0.4, -0.2) is 26.2 Å². The Hall–Kier alpha value is -4.32. The number of amides is 2. The van der Waals surface area contributed by atoms with E-state index in [0.29, 0.717) is 29.0 Å². The van der Waals surface area contributed by atoms with Crippen molar-refractivity contribution in [2.75, 3.05) is 21.3 Å². The summed E-state index contributed by atoms with van der Waals surface area (Å²) in [7, 11) is 0. The smallest absolute Gasteiger partial charge is 0.324 e. The van der Waals surface area contributed by atoms with Crippen LogP contribution < -0.4 is 21.3 Å². The van der Waals surface area contributed by atoms with Gasteiger partial charge in [0.2, 0.25) is 5.95 Å². The molecular formula is C23H20ClF3N8O. The number of nitrogens with zero attached hydrogens (tertiary/aromatic N) is 3. The fourth-order valence-electron chi connectivity index (χ4n) is 3.17. The molecule has 0 aliphatic rings. The van der Waals surface area contributed by atoms with Crippen molar-refractivity contribution in [2.45, 2.75) is 20.0 Å². The molecule has 36 heavy (non-hydrogen) atoms. The van der Waals surface area contributed by atoms with E-state index in [-0.39, 0.29) is 5.69 Å². The average molecular weight is 517 g/mol. The first-order valence-electron chi connectivity index (χ1n) is 10.5. The number of carbonyl (C=O) groups excluding carboxylic acids is 1. The number of aryl methyl sites for hydroxylation is 2. The molecule has 2 heterocycles. The van der Waals surface area contributed by atoms with Gasteiger partial charge in [0.1, 0.15) is 5.82 Å². The topological polar surface area (TPSA) is 120 Å². The maximum atomic E-state index is 13.1. The van der Waals surface area contributed by atoms with Gasteiger partial charge in [-0.1, -0.05) is 17.7 Å². The van der Waals surface area contributed by atoms with Gasteiger partial charge >= 0.3 is 12.2 Å². The minimum atomic E-state index is -4.64. The lowest BCUT2D eigenvalue weighted by atomic mass is 10.2. The molecule has 0 aliphatic carbocycles. The lowest BCUT2D eigenvalue weighted by Gasteiger charge is -2.14. The van der Waals surface area contributed by atoms with Crippen molar-refractivity contribution >= 4 is 52.3 Å². The van der Waals surface area contributed by atoms with E-state index in [0.717, 1.165) is 23.4 Å². The van der Waals surface area contributed by atoms with E-state index in [1.165, 1.54) is 6.07 Å². The lowest BCUT2D eigenvalue weighted by Crippen LogP contribution is -2.20. The molecule has 0 unspecified atom stereocenters. The average Bonchev–Trinajstić information content (AvgIpc) is 3.21. The summed E-state index contributed by atoms with van der Waals surface area (Å²) in [5.41, 5.74) is 1.66. The largest absolute Gasteiger partial charge is 0.417 e. The molecule has 5 N–H and O–H groups in total. The zero-order valence-electron chi connectivity index (χ0n) is 19.0. The Balaban J connectivity index is 1.45. The number of carbonyl (C=O) groups is 1. The molecule has 0 fully saturated rings. The van der Waals surface area contributed by atoms with Crippen LogP contribution in [0.4, 0.5) is 52.6 Å². The third-order valence-corrected chi connectivity index (χ3v) is 5.22. The molecule has 186 valence electrons. The number of urea groups is 1. The third kappa shape index (κ3) is 6.21. The van der Waals surface area contributed by atoms with Crippen LogP contribution in [0.5, 0.6) is 0 Å². The number of hydrogen-bond acceptors (Lipinski definition) is 6. The Bertz CT molecular complexity index is 1410. The number of H-pyrrole nitrogens is 1. The highest BCUT2D eigenvalue weighted by molar-refractivity contribution is 6.31. The number of rotatable bonds is 6. The number of aromatic amines is 1. The van der Waals surface area contributed by atoms with Crippen LogP contribution in [0.3, 0.4) is 0 Å². The summed E-state index contributed by atoms with van der Waals surface area (Å²) in [4.78, 5) is 21.0. The van der Waals surface area contributed by atoms with Crippen LogP contribution in [-0.2, 0) is 6.18 Å². The SMILES string of the molecule is Cc1cc(Nc2ccnc(Nc3cc(NC(=O)Nc4ccc(Cl)c(C(F)(F)F)c4)ccc3C)n2)n[nH]1. The van der Waals surface area contributed by atoms with Gasteiger partial charge in [0, 0.05) is 35.0 Å². The molecule has 2 aromatic carbocycles. The number of halogens is 4. The Labute approximate surface area is 208 Å². The van der Waals surface area contributed by atoms with E-state index in [1.54, 1.807) is 30.5 Å². The summed E-state index contributed by atoms with van der Waals surface area (Å²) < 4.78 is 39.2. The molecule has 9 nitrogen and oxygen atoms in total. The number of alkyl halides is 3. The molecule has 0 spiro atoms. The second-order valence-corrected chi connectivity index (χ2v) is 8.16. The molecule has 0 saturated carbocycles. The fourth-order valence-corrected chi connectivity index (χ4v) is 3.40. The fraction of sp³-hybridized carbons (Fsp3) is 0.130. The second-order valence-electron chi connectivity index (χ2n) is 7.75. The molecule has 0 saturated heterocycles. The minimum Gasteiger partial charge on any atom is -0.324 e. The van der Waals surface area contributed by atoms with E-state index in [1.807, 2.05) is 19.9 Å². The number of hydrogen-bond donors (Lipinski definition) is 5. The van der Waals surface area contributed by atoms with Crippen molar-refractivity contribution in [1.29, 1.82) is 0 Å². The first kappa shape index (κ1) is 24.8. The standard InChI is InChI=1S/C23H20ClF3N8O/c1-12-3-4-15(30-22(36)29-14-5-6-17(24)16(10-14)23(25,26)27)11-18(12)31-21-28-8-7-19(33-21)32-20-9-13(2)34-35-20/h3-11H,1-2H3,(H2,29,30,36)(H3,28,31,32,33,34,35). The first-order chi connectivity index (χ1) is 17.1. The van der Waals surface area contributed by atoms with E-state index < -0.39 is 22.8 Å². The molecule has 0 aliphatic heterocycles. The Morgan fingerprint density at radius 1 is 0.944 bits per heavy atom. The monoisotopic (exact) mass is 516 g/mol. The van der Waals surface area contributed by atoms with Crippen LogP contribution in [0, 0.1) is 13.8 Å². The van der Waals surface area contributed by atoms with Gasteiger partial charge in [0.25, 0.3) is 0 Å². The van der Waals surface area contributed by atoms with Crippen LogP contribution >= 0.6 is 11.6 Å². The van der Waals surface area contributed by atoms with Crippen LogP contribution in [0.2, 0.25) is 5.02 Å². The highest BCUT2D eigenvalue weighted by atomic mass is 35.5. The molecule has 0 atom stereocenters. The van der Waals surface area contributed by atoms with Crippen molar-refractivity contribution in [3.8, 4) is 0 Å². The Kier molecular flexibility index (Phi) is 6.97. The van der Waals surface area contributed by atoms with Crippen LogP contribution in [0.25, 0.3) is 0 Å². The van der Waals surface area contributed by atoms with Crippen molar-refractivity contribution in [3.63, 3.8) is 0 Å². The Morgan fingerprint density at radius 2 is 1.67 bits per heavy atom. The molecule has 2 amide bonds. The molecule has 4 aromatic rings. The zero-order chi connectivity index (χ0) is 25.9. The van der Waals surface area contributed by atoms with Crippen molar-refractivity contribution in [2.24, 2.45) is 0 Å². The summed E-state index contributed by atoms with van der Waals surface area (Å²) in [6, 6.07) is 11.0. The van der Waals surface area contributed by atoms with Gasteiger partial charge in [-0.25, -0.2) is 9.78 Å². The summed E-state index contributed by atoms with van der Waals surface area (Å²) in [5, 5.41) is 17.6. The minimum absolute atomic E-state index is 0.0560. The number of aromatic nitrogens is 4. The molecule has 13 heteroatoms. The van der Waals surface area contributed by atoms with Gasteiger partial charge in [0.05, 0.1) is 10.6 Å². The summed E-state index contributed by atoms with van der Waals surface area (Å²) >= 11 is 5.62. The summed E-state index contributed by atoms with van der Waals surface area (Å²) in [6.45, 7) is 3.73. The molecule has 2 aromatic heterocycles. The predicted octanol–water partition coefficient (Wildman–Crippen LogP) is 6.62. The molecular weight excluding hydrogens is 497 g/mol. The number of nitrogens with one attached hydrogen (secondary N) is 5. The van der Waals surface area contributed by atoms with E-state index in [4.69, 9.17) is 11.6 Å². The quantitative estimate of drug-likeness (QED) is 0.196. The maximum Gasteiger partial charge on any atom is 0.417 e. The molecule has 4 rings (SSSR count). The van der Waals surface area contributed by atoms with Gasteiger partial charge in [-0.2, -0.15) is 23.3 Å². The number of benzene rings is 2. The Morgan fingerprint density at radius 3 is 2.36 bits per heavy atom. The zero-order valence-corrected chi connectivity index (χ0v) is 19.7. The van der Waals surface area contributed by atoms with Gasteiger partial charge in [-0.05, 0) is 55.8 Å². The van der Waals surface area contributed by atoms with Crippen molar-refractivity contribution in [3.05, 3.63) is 76.6 Å². The normalized spacial score (nSPS) is 11.2. The van der Waals surface area contributed by atoms with E-state index in [2.05, 4.69) is 41.4 Å². The van der Waals surface area contributed by atoms with Gasteiger partial charge < -0.3 is 21.3 Å². The highest BCUT2D eigenvalue weighted by Crippen LogP contribution is 2.36. The van der Waals surface area contributed by atoms with Gasteiger partial charge in [-0.15, -0.1) is 0 Å². The van der Waals surface area contributed by atoms with E-state index >= 15 is 0 Å². The highest BCUT2D eigenvalue weighted by Gasteiger charge is 2.33. The van der Waals surface area contributed by atoms with E-state index in [9.17, 15) is 18.0 Å². The van der Waals surface area contributed by atoms with Crippen LogP contribution in [0.15, 0.2) is 54.7 Å². The van der Waals surface area contributed by atoms with Crippen LogP contribution in [0.1, 0.15) is 16.8 Å². The number of anilines is 6. The van der Waals surface area contributed by atoms with Gasteiger partial charge in [-0.3, -0.25) is 5.10 Å². The maximum absolute atomic E-state index is 13.1.